The van der Waals surface area contributed by atoms with E-state index in [2.05, 4.69) is 23.5 Å². The number of ether oxygens (including phenoxy) is 2. The highest BCUT2D eigenvalue weighted by Gasteiger charge is 2.22. The van der Waals surface area contributed by atoms with Crippen LogP contribution in [-0.4, -0.2) is 20.8 Å². The van der Waals surface area contributed by atoms with Gasteiger partial charge < -0.3 is 14.8 Å². The lowest BCUT2D eigenvalue weighted by Gasteiger charge is -2.26. The molecule has 0 amide bonds. The van der Waals surface area contributed by atoms with Gasteiger partial charge in [0, 0.05) is 22.4 Å². The first kappa shape index (κ1) is 13.3. The highest BCUT2D eigenvalue weighted by molar-refractivity contribution is 5.94. The number of fused-ring (bicyclic) bond motifs is 1. The van der Waals surface area contributed by atoms with Crippen molar-refractivity contribution in [2.24, 2.45) is 0 Å². The van der Waals surface area contributed by atoms with Crippen LogP contribution < -0.4 is 14.8 Å². The first-order valence-corrected chi connectivity index (χ1v) is 7.22. The minimum Gasteiger partial charge on any atom is -0.496 e. The molecule has 0 aliphatic carbocycles. The molecule has 1 heterocycles. The Morgan fingerprint density at radius 1 is 1.05 bits per heavy atom. The quantitative estimate of drug-likeness (QED) is 0.924. The van der Waals surface area contributed by atoms with Crippen molar-refractivity contribution in [3.05, 3.63) is 35.9 Å². The van der Waals surface area contributed by atoms with Gasteiger partial charge in [0.1, 0.15) is 11.5 Å². The maximum Gasteiger partial charge on any atom is 0.131 e. The molecule has 0 bridgehead atoms. The number of nitrogens with one attached hydrogen (secondary N) is 1. The molecule has 2 aromatic rings. The summed E-state index contributed by atoms with van der Waals surface area (Å²) < 4.78 is 11.3. The van der Waals surface area contributed by atoms with Crippen LogP contribution in [0, 0.1) is 0 Å². The van der Waals surface area contributed by atoms with Crippen molar-refractivity contribution in [2.75, 3.05) is 20.8 Å². The summed E-state index contributed by atoms with van der Waals surface area (Å²) >= 11 is 0. The highest BCUT2D eigenvalue weighted by Crippen LogP contribution is 2.41. The van der Waals surface area contributed by atoms with E-state index in [9.17, 15) is 0 Å². The number of hydrogen-bond donors (Lipinski definition) is 1. The Labute approximate surface area is 119 Å². The Kier molecular flexibility index (Phi) is 3.79. The number of piperidine rings is 1. The second kappa shape index (κ2) is 5.71. The van der Waals surface area contributed by atoms with Crippen LogP contribution in [0.25, 0.3) is 10.8 Å². The average Bonchev–Trinajstić information content (AvgIpc) is 2.54. The Bertz CT molecular complexity index is 603. The van der Waals surface area contributed by atoms with E-state index in [0.29, 0.717) is 6.04 Å². The number of benzene rings is 2. The highest BCUT2D eigenvalue weighted by atomic mass is 16.5. The fourth-order valence-corrected chi connectivity index (χ4v) is 3.11. The third-order valence-corrected chi connectivity index (χ3v) is 4.10. The molecule has 1 aliphatic rings. The fraction of sp³-hybridized carbons (Fsp3) is 0.412. The van der Waals surface area contributed by atoms with Crippen molar-refractivity contribution < 1.29 is 9.47 Å². The molecule has 0 radical (unpaired) electrons. The molecule has 1 unspecified atom stereocenters. The molecule has 1 atom stereocenters. The molecular formula is C17H21NO2. The van der Waals surface area contributed by atoms with Crippen LogP contribution in [0.15, 0.2) is 30.3 Å². The van der Waals surface area contributed by atoms with E-state index in [1.165, 1.54) is 18.4 Å². The van der Waals surface area contributed by atoms with E-state index in [0.717, 1.165) is 35.2 Å². The summed E-state index contributed by atoms with van der Waals surface area (Å²) in [4.78, 5) is 0. The van der Waals surface area contributed by atoms with Gasteiger partial charge in [-0.05, 0) is 25.5 Å². The number of hydrogen-bond acceptors (Lipinski definition) is 3. The van der Waals surface area contributed by atoms with E-state index in [1.807, 2.05) is 12.1 Å². The predicted molar refractivity (Wildman–Crippen MR) is 81.6 cm³/mol. The van der Waals surface area contributed by atoms with Gasteiger partial charge >= 0.3 is 0 Å². The molecule has 0 spiro atoms. The van der Waals surface area contributed by atoms with E-state index in [1.54, 1.807) is 14.2 Å². The Morgan fingerprint density at radius 3 is 2.50 bits per heavy atom. The van der Waals surface area contributed by atoms with E-state index in [-0.39, 0.29) is 0 Å². The summed E-state index contributed by atoms with van der Waals surface area (Å²) in [5.74, 6) is 1.89. The second-order valence-corrected chi connectivity index (χ2v) is 5.25. The molecule has 20 heavy (non-hydrogen) atoms. The lowest BCUT2D eigenvalue weighted by atomic mass is 9.93. The zero-order chi connectivity index (χ0) is 13.9. The minimum absolute atomic E-state index is 0.359. The molecule has 1 fully saturated rings. The first-order valence-electron chi connectivity index (χ1n) is 7.22. The van der Waals surface area contributed by atoms with E-state index < -0.39 is 0 Å². The monoisotopic (exact) mass is 271 g/mol. The van der Waals surface area contributed by atoms with Gasteiger partial charge in [-0.2, -0.15) is 0 Å². The van der Waals surface area contributed by atoms with Gasteiger partial charge in [0.15, 0.2) is 0 Å². The van der Waals surface area contributed by atoms with Crippen molar-refractivity contribution in [3.8, 4) is 11.5 Å². The normalized spacial score (nSPS) is 19.0. The Morgan fingerprint density at radius 2 is 1.85 bits per heavy atom. The first-order chi connectivity index (χ1) is 9.85. The third kappa shape index (κ3) is 2.22. The molecule has 0 saturated carbocycles. The summed E-state index contributed by atoms with van der Waals surface area (Å²) in [6.07, 6.45) is 3.66. The molecule has 3 heteroatoms. The summed E-state index contributed by atoms with van der Waals surface area (Å²) in [7, 11) is 3.48. The van der Waals surface area contributed by atoms with E-state index in [4.69, 9.17) is 9.47 Å². The van der Waals surface area contributed by atoms with Crippen LogP contribution in [0.4, 0.5) is 0 Å². The Balaban J connectivity index is 2.19. The largest absolute Gasteiger partial charge is 0.496 e. The van der Waals surface area contributed by atoms with Crippen LogP contribution in [-0.2, 0) is 0 Å². The molecule has 1 N–H and O–H groups in total. The van der Waals surface area contributed by atoms with Crippen LogP contribution in [0.1, 0.15) is 30.9 Å². The van der Waals surface area contributed by atoms with Crippen molar-refractivity contribution in [1.82, 2.24) is 5.32 Å². The van der Waals surface area contributed by atoms with Crippen LogP contribution in [0.2, 0.25) is 0 Å². The van der Waals surface area contributed by atoms with Crippen LogP contribution >= 0.6 is 0 Å². The molecule has 3 nitrogen and oxygen atoms in total. The minimum atomic E-state index is 0.359. The van der Waals surface area contributed by atoms with Crippen molar-refractivity contribution in [1.29, 1.82) is 0 Å². The van der Waals surface area contributed by atoms with Gasteiger partial charge in [-0.1, -0.05) is 30.7 Å². The summed E-state index contributed by atoms with van der Waals surface area (Å²) in [5.41, 5.74) is 1.21. The second-order valence-electron chi connectivity index (χ2n) is 5.25. The van der Waals surface area contributed by atoms with Gasteiger partial charge in [-0.25, -0.2) is 0 Å². The van der Waals surface area contributed by atoms with Gasteiger partial charge in [0.2, 0.25) is 0 Å². The molecule has 3 rings (SSSR count). The number of methoxy groups -OCH3 is 2. The number of rotatable bonds is 3. The molecule has 1 saturated heterocycles. The zero-order valence-corrected chi connectivity index (χ0v) is 12.1. The van der Waals surface area contributed by atoms with Crippen molar-refractivity contribution >= 4 is 10.8 Å². The summed E-state index contributed by atoms with van der Waals surface area (Å²) in [5, 5.41) is 5.82. The molecule has 106 valence electrons. The van der Waals surface area contributed by atoms with Gasteiger partial charge in [-0.3, -0.25) is 0 Å². The molecule has 2 aromatic carbocycles. The fourth-order valence-electron chi connectivity index (χ4n) is 3.11. The van der Waals surface area contributed by atoms with Gasteiger partial charge in [0.05, 0.1) is 14.2 Å². The van der Waals surface area contributed by atoms with Crippen LogP contribution in [0.5, 0.6) is 11.5 Å². The standard InChI is InChI=1S/C17H21NO2/c1-19-16-11-14(15-9-5-6-10-18-15)17(20-2)13-8-4-3-7-12(13)16/h3-4,7-8,11,15,18H,5-6,9-10H2,1-2H3. The molecule has 0 aromatic heterocycles. The maximum atomic E-state index is 5.72. The zero-order valence-electron chi connectivity index (χ0n) is 12.1. The topological polar surface area (TPSA) is 30.5 Å². The van der Waals surface area contributed by atoms with Crippen LogP contribution in [0.3, 0.4) is 0 Å². The SMILES string of the molecule is COc1cc(C2CCCCN2)c(OC)c2ccccc12. The average molecular weight is 271 g/mol. The van der Waals surface area contributed by atoms with E-state index >= 15 is 0 Å². The maximum absolute atomic E-state index is 5.72. The summed E-state index contributed by atoms with van der Waals surface area (Å²) in [6, 6.07) is 10.7. The molecule has 1 aliphatic heterocycles. The lowest BCUT2D eigenvalue weighted by Crippen LogP contribution is -2.27. The predicted octanol–water partition coefficient (Wildman–Crippen LogP) is 3.67. The van der Waals surface area contributed by atoms with Gasteiger partial charge in [-0.15, -0.1) is 0 Å². The van der Waals surface area contributed by atoms with Crippen molar-refractivity contribution in [3.63, 3.8) is 0 Å². The smallest absolute Gasteiger partial charge is 0.131 e. The van der Waals surface area contributed by atoms with Crippen molar-refractivity contribution in [2.45, 2.75) is 25.3 Å². The van der Waals surface area contributed by atoms with Gasteiger partial charge in [0.25, 0.3) is 0 Å². The third-order valence-electron chi connectivity index (χ3n) is 4.10. The molecular weight excluding hydrogens is 250 g/mol. The lowest BCUT2D eigenvalue weighted by molar-refractivity contribution is 0.372. The summed E-state index contributed by atoms with van der Waals surface area (Å²) in [6.45, 7) is 1.07. The Hall–Kier alpha value is -1.74.